The SMILES string of the molecule is Cc1cccc(C=C2SC(=S)N(C(CO)C(=O)O)C2=O)c1. The smallest absolute Gasteiger partial charge is 0.329 e. The number of carboxylic acid groups (broad SMARTS) is 1. The third kappa shape index (κ3) is 3.31. The van der Waals surface area contributed by atoms with Crippen molar-refractivity contribution >= 4 is 46.3 Å². The Morgan fingerprint density at radius 3 is 2.81 bits per heavy atom. The number of aliphatic hydroxyl groups is 1. The van der Waals surface area contributed by atoms with E-state index in [0.717, 1.165) is 27.8 Å². The largest absolute Gasteiger partial charge is 0.480 e. The number of aliphatic carboxylic acids is 1. The number of hydrogen-bond donors (Lipinski definition) is 2. The van der Waals surface area contributed by atoms with E-state index in [1.54, 1.807) is 6.08 Å². The summed E-state index contributed by atoms with van der Waals surface area (Å²) in [7, 11) is 0. The third-order valence-electron chi connectivity index (χ3n) is 2.93. The summed E-state index contributed by atoms with van der Waals surface area (Å²) in [6.07, 6.45) is 1.67. The Morgan fingerprint density at radius 1 is 1.52 bits per heavy atom. The van der Waals surface area contributed by atoms with Crippen molar-refractivity contribution in [3.63, 3.8) is 0 Å². The van der Waals surface area contributed by atoms with Crippen molar-refractivity contribution in [3.8, 4) is 0 Å². The molecule has 0 bridgehead atoms. The molecule has 0 radical (unpaired) electrons. The van der Waals surface area contributed by atoms with E-state index in [9.17, 15) is 9.59 Å². The van der Waals surface area contributed by atoms with Gasteiger partial charge in [0, 0.05) is 0 Å². The van der Waals surface area contributed by atoms with Gasteiger partial charge >= 0.3 is 5.97 Å². The number of carboxylic acids is 1. The number of rotatable bonds is 4. The maximum atomic E-state index is 12.3. The van der Waals surface area contributed by atoms with Crippen molar-refractivity contribution in [1.82, 2.24) is 4.90 Å². The van der Waals surface area contributed by atoms with Gasteiger partial charge in [-0.3, -0.25) is 9.69 Å². The quantitative estimate of drug-likeness (QED) is 0.648. The molecule has 1 aliphatic heterocycles. The van der Waals surface area contributed by atoms with Crippen molar-refractivity contribution in [2.24, 2.45) is 0 Å². The van der Waals surface area contributed by atoms with Gasteiger partial charge in [0.1, 0.15) is 4.32 Å². The lowest BCUT2D eigenvalue weighted by atomic mass is 10.1. The third-order valence-corrected chi connectivity index (χ3v) is 4.26. The van der Waals surface area contributed by atoms with Gasteiger partial charge in [0.05, 0.1) is 11.5 Å². The molecule has 1 atom stereocenters. The maximum absolute atomic E-state index is 12.3. The van der Waals surface area contributed by atoms with E-state index in [2.05, 4.69) is 0 Å². The van der Waals surface area contributed by atoms with Crippen LogP contribution < -0.4 is 0 Å². The molecule has 5 nitrogen and oxygen atoms in total. The zero-order chi connectivity index (χ0) is 15.6. The minimum atomic E-state index is -1.35. The number of nitrogens with zero attached hydrogens (tertiary/aromatic N) is 1. The first-order valence-electron chi connectivity index (χ1n) is 6.11. The number of aliphatic hydroxyl groups excluding tert-OH is 1. The monoisotopic (exact) mass is 323 g/mol. The standard InChI is InChI=1S/C14H13NO4S2/c1-8-3-2-4-9(5-8)6-11-12(17)15(14(20)21-11)10(7-16)13(18)19/h2-6,10,16H,7H2,1H3,(H,18,19). The highest BCUT2D eigenvalue weighted by Gasteiger charge is 2.40. The van der Waals surface area contributed by atoms with Crippen LogP contribution in [-0.2, 0) is 9.59 Å². The summed E-state index contributed by atoms with van der Waals surface area (Å²) in [5.74, 6) is -1.78. The number of carbonyl (C=O) groups is 2. The van der Waals surface area contributed by atoms with E-state index < -0.39 is 24.5 Å². The highest BCUT2D eigenvalue weighted by atomic mass is 32.2. The first kappa shape index (κ1) is 15.7. The molecule has 1 unspecified atom stereocenters. The Morgan fingerprint density at radius 2 is 2.24 bits per heavy atom. The Hall–Kier alpha value is -1.70. The van der Waals surface area contributed by atoms with Crippen LogP contribution in [0.25, 0.3) is 6.08 Å². The van der Waals surface area contributed by atoms with E-state index in [0.29, 0.717) is 4.91 Å². The van der Waals surface area contributed by atoms with Gasteiger partial charge in [0.15, 0.2) is 6.04 Å². The highest BCUT2D eigenvalue weighted by molar-refractivity contribution is 8.26. The molecule has 1 saturated heterocycles. The fraction of sp³-hybridized carbons (Fsp3) is 0.214. The molecule has 1 aromatic rings. The molecule has 2 rings (SSSR count). The maximum Gasteiger partial charge on any atom is 0.329 e. The lowest BCUT2D eigenvalue weighted by Gasteiger charge is -2.20. The van der Waals surface area contributed by atoms with Crippen LogP contribution in [0.4, 0.5) is 0 Å². The molecule has 2 N–H and O–H groups in total. The highest BCUT2D eigenvalue weighted by Crippen LogP contribution is 2.34. The molecule has 1 heterocycles. The molecule has 21 heavy (non-hydrogen) atoms. The Bertz CT molecular complexity index is 642. The van der Waals surface area contributed by atoms with Crippen LogP contribution in [0.1, 0.15) is 11.1 Å². The lowest BCUT2D eigenvalue weighted by Crippen LogP contribution is -2.46. The molecular weight excluding hydrogens is 310 g/mol. The molecule has 1 amide bonds. The van der Waals surface area contributed by atoms with Gasteiger partial charge in [-0.2, -0.15) is 0 Å². The van der Waals surface area contributed by atoms with Gasteiger partial charge in [-0.05, 0) is 18.6 Å². The van der Waals surface area contributed by atoms with Crippen LogP contribution >= 0.6 is 24.0 Å². The molecule has 110 valence electrons. The zero-order valence-corrected chi connectivity index (χ0v) is 12.8. The minimum Gasteiger partial charge on any atom is -0.480 e. The van der Waals surface area contributed by atoms with Crippen LogP contribution in [0.3, 0.4) is 0 Å². The van der Waals surface area contributed by atoms with Crippen LogP contribution in [0.2, 0.25) is 0 Å². The van der Waals surface area contributed by atoms with E-state index >= 15 is 0 Å². The predicted octanol–water partition coefficient (Wildman–Crippen LogP) is 1.64. The molecule has 0 aliphatic carbocycles. The average molecular weight is 323 g/mol. The summed E-state index contributed by atoms with van der Waals surface area (Å²) in [5.41, 5.74) is 1.89. The second kappa shape index (κ2) is 6.38. The number of benzene rings is 1. The topological polar surface area (TPSA) is 77.8 Å². The number of carbonyl (C=O) groups excluding carboxylic acids is 1. The van der Waals surface area contributed by atoms with E-state index in [-0.39, 0.29) is 4.32 Å². The van der Waals surface area contributed by atoms with Gasteiger partial charge in [0.25, 0.3) is 5.91 Å². The van der Waals surface area contributed by atoms with E-state index in [4.69, 9.17) is 22.4 Å². The Labute approximate surface area is 131 Å². The van der Waals surface area contributed by atoms with Crippen molar-refractivity contribution in [2.45, 2.75) is 13.0 Å². The van der Waals surface area contributed by atoms with Gasteiger partial charge < -0.3 is 10.2 Å². The minimum absolute atomic E-state index is 0.139. The number of hydrogen-bond acceptors (Lipinski definition) is 5. The molecule has 1 aliphatic rings. The first-order valence-corrected chi connectivity index (χ1v) is 7.34. The number of thioether (sulfide) groups is 1. The van der Waals surface area contributed by atoms with Crippen LogP contribution in [-0.4, -0.2) is 44.0 Å². The molecule has 1 aromatic carbocycles. The second-order valence-corrected chi connectivity index (χ2v) is 6.18. The summed E-state index contributed by atoms with van der Waals surface area (Å²) >= 11 is 6.09. The first-order chi connectivity index (χ1) is 9.93. The summed E-state index contributed by atoms with van der Waals surface area (Å²) in [4.78, 5) is 24.7. The summed E-state index contributed by atoms with van der Waals surface area (Å²) in [6, 6.07) is 6.22. The molecule has 7 heteroatoms. The Kier molecular flexibility index (Phi) is 4.76. The normalized spacial score (nSPS) is 18.4. The summed E-state index contributed by atoms with van der Waals surface area (Å²) < 4.78 is 0.139. The van der Waals surface area contributed by atoms with Crippen LogP contribution in [0.5, 0.6) is 0 Å². The summed E-state index contributed by atoms with van der Waals surface area (Å²) in [5, 5.41) is 18.2. The molecular formula is C14H13NO4S2. The van der Waals surface area contributed by atoms with Crippen LogP contribution in [0.15, 0.2) is 29.2 Å². The van der Waals surface area contributed by atoms with E-state index in [1.807, 2.05) is 31.2 Å². The summed E-state index contributed by atoms with van der Waals surface area (Å²) in [6.45, 7) is 1.26. The fourth-order valence-electron chi connectivity index (χ4n) is 1.93. The van der Waals surface area contributed by atoms with Crippen LogP contribution in [0, 0.1) is 6.92 Å². The molecule has 0 saturated carbocycles. The van der Waals surface area contributed by atoms with Gasteiger partial charge in [-0.25, -0.2) is 4.79 Å². The van der Waals surface area contributed by atoms with Gasteiger partial charge in [0.2, 0.25) is 0 Å². The number of amides is 1. The average Bonchev–Trinajstić information content (AvgIpc) is 2.67. The zero-order valence-electron chi connectivity index (χ0n) is 11.1. The predicted molar refractivity (Wildman–Crippen MR) is 84.7 cm³/mol. The van der Waals surface area contributed by atoms with Crippen molar-refractivity contribution in [2.75, 3.05) is 6.61 Å². The number of thiocarbonyl (C=S) groups is 1. The fourth-order valence-corrected chi connectivity index (χ4v) is 3.29. The molecule has 1 fully saturated rings. The molecule has 0 aromatic heterocycles. The molecule has 0 spiro atoms. The second-order valence-electron chi connectivity index (χ2n) is 4.50. The van der Waals surface area contributed by atoms with Gasteiger partial charge in [-0.1, -0.05) is 53.8 Å². The van der Waals surface area contributed by atoms with Crippen molar-refractivity contribution in [3.05, 3.63) is 40.3 Å². The van der Waals surface area contributed by atoms with E-state index in [1.165, 1.54) is 0 Å². The number of aryl methyl sites for hydroxylation is 1. The van der Waals surface area contributed by atoms with Crippen molar-refractivity contribution < 1.29 is 19.8 Å². The Balaban J connectivity index is 2.31. The van der Waals surface area contributed by atoms with Gasteiger partial charge in [-0.15, -0.1) is 0 Å². The van der Waals surface area contributed by atoms with Crippen molar-refractivity contribution in [1.29, 1.82) is 0 Å². The lowest BCUT2D eigenvalue weighted by molar-refractivity contribution is -0.146.